The molecule has 0 aliphatic heterocycles. The van der Waals surface area contributed by atoms with Gasteiger partial charge in [-0.1, -0.05) is 17.4 Å². The molecule has 10 heteroatoms. The Morgan fingerprint density at radius 2 is 1.86 bits per heavy atom. The molecule has 2 aromatic heterocycles. The maximum atomic E-state index is 13.6. The number of thiophene rings is 1. The Balaban J connectivity index is 1.84. The molecule has 2 N–H and O–H groups in total. The van der Waals surface area contributed by atoms with Crippen LogP contribution in [0.1, 0.15) is 35.1 Å². The number of thiazole rings is 1. The summed E-state index contributed by atoms with van der Waals surface area (Å²) in [5.41, 5.74) is 0.150. The number of carbonyl (C=O) groups is 2. The van der Waals surface area contributed by atoms with Crippen LogP contribution in [0, 0.1) is 11.6 Å². The van der Waals surface area contributed by atoms with E-state index in [1.807, 2.05) is 0 Å². The molecule has 0 aliphatic carbocycles. The largest absolute Gasteiger partial charge is 0.357 e. The van der Waals surface area contributed by atoms with Gasteiger partial charge in [-0.3, -0.25) is 9.59 Å². The third kappa shape index (κ3) is 4.38. The van der Waals surface area contributed by atoms with Crippen LogP contribution in [0.2, 0.25) is 0 Å². The highest BCUT2D eigenvalue weighted by atomic mass is 32.1. The highest BCUT2D eigenvalue weighted by Crippen LogP contribution is 2.34. The summed E-state index contributed by atoms with van der Waals surface area (Å²) in [5.74, 6) is -3.13. The van der Waals surface area contributed by atoms with Crippen molar-refractivity contribution < 1.29 is 18.4 Å². The minimum atomic E-state index is -1.15. The van der Waals surface area contributed by atoms with Gasteiger partial charge in [0.15, 0.2) is 16.8 Å². The molecule has 0 aliphatic rings. The van der Waals surface area contributed by atoms with Crippen LogP contribution in [-0.4, -0.2) is 36.9 Å². The smallest absolute Gasteiger partial charge is 0.262 e. The number of likely N-dealkylation sites (N-methyl/N-ethyl adjacent to an activating group) is 1. The van der Waals surface area contributed by atoms with Gasteiger partial charge in [-0.05, 0) is 37.6 Å². The fourth-order valence-electron chi connectivity index (χ4n) is 2.80. The lowest BCUT2D eigenvalue weighted by Gasteiger charge is -2.17. The fourth-order valence-corrected chi connectivity index (χ4v) is 5.05. The van der Waals surface area contributed by atoms with E-state index >= 15 is 0 Å². The molecule has 0 fully saturated rings. The standard InChI is InChI=1S/C19H20F2N4O2S2/c1-4-25(5-2)19-24-18-14(29-19)9-13(28-18)16(26)23-15(17(27)22-3)10-6-7-11(20)12(21)8-10/h6-9,15H,4-5H2,1-3H3,(H,22,27)(H,23,26). The minimum Gasteiger partial charge on any atom is -0.357 e. The van der Waals surface area contributed by atoms with Crippen molar-refractivity contribution in [3.8, 4) is 0 Å². The van der Waals surface area contributed by atoms with Gasteiger partial charge in [0.1, 0.15) is 10.9 Å². The molecular weight excluding hydrogens is 418 g/mol. The van der Waals surface area contributed by atoms with E-state index in [-0.39, 0.29) is 5.56 Å². The maximum Gasteiger partial charge on any atom is 0.262 e. The minimum absolute atomic E-state index is 0.150. The first-order valence-corrected chi connectivity index (χ1v) is 10.6. The number of nitrogens with one attached hydrogen (secondary N) is 2. The van der Waals surface area contributed by atoms with Crippen molar-refractivity contribution in [2.45, 2.75) is 19.9 Å². The van der Waals surface area contributed by atoms with Gasteiger partial charge in [0, 0.05) is 20.1 Å². The molecule has 0 spiro atoms. The van der Waals surface area contributed by atoms with Crippen LogP contribution in [-0.2, 0) is 4.79 Å². The summed E-state index contributed by atoms with van der Waals surface area (Å²) >= 11 is 2.72. The van der Waals surface area contributed by atoms with E-state index < -0.39 is 29.5 Å². The fraction of sp³-hybridized carbons (Fsp3) is 0.316. The molecule has 2 heterocycles. The van der Waals surface area contributed by atoms with Crippen molar-refractivity contribution in [1.29, 1.82) is 0 Å². The molecule has 0 saturated heterocycles. The van der Waals surface area contributed by atoms with Crippen molar-refractivity contribution in [2.75, 3.05) is 25.0 Å². The Morgan fingerprint density at radius 3 is 2.45 bits per heavy atom. The van der Waals surface area contributed by atoms with Gasteiger partial charge in [0.2, 0.25) is 5.91 Å². The van der Waals surface area contributed by atoms with E-state index in [0.717, 1.165) is 39.9 Å². The van der Waals surface area contributed by atoms with Crippen LogP contribution in [0.4, 0.5) is 13.9 Å². The summed E-state index contributed by atoms with van der Waals surface area (Å²) in [4.78, 5) is 32.8. The molecule has 1 aromatic carbocycles. The summed E-state index contributed by atoms with van der Waals surface area (Å²) in [6.45, 7) is 5.78. The summed E-state index contributed by atoms with van der Waals surface area (Å²) in [6, 6.07) is 3.67. The Bertz CT molecular complexity index is 1010. The van der Waals surface area contributed by atoms with Crippen molar-refractivity contribution in [3.63, 3.8) is 0 Å². The second-order valence-corrected chi connectivity index (χ2v) is 8.18. The van der Waals surface area contributed by atoms with E-state index in [1.54, 1.807) is 6.07 Å². The first-order chi connectivity index (χ1) is 13.9. The van der Waals surface area contributed by atoms with Gasteiger partial charge >= 0.3 is 0 Å². The van der Waals surface area contributed by atoms with Gasteiger partial charge in [-0.2, -0.15) is 0 Å². The second-order valence-electron chi connectivity index (χ2n) is 6.14. The second kappa shape index (κ2) is 8.83. The molecule has 0 saturated carbocycles. The lowest BCUT2D eigenvalue weighted by atomic mass is 10.1. The van der Waals surface area contributed by atoms with E-state index in [9.17, 15) is 18.4 Å². The summed E-state index contributed by atoms with van der Waals surface area (Å²) in [7, 11) is 1.40. The number of amides is 2. The molecule has 1 atom stereocenters. The number of fused-ring (bicyclic) bond motifs is 1. The lowest BCUT2D eigenvalue weighted by molar-refractivity contribution is -0.122. The number of rotatable bonds is 7. The molecule has 6 nitrogen and oxygen atoms in total. The first-order valence-electron chi connectivity index (χ1n) is 9.00. The molecule has 154 valence electrons. The zero-order valence-corrected chi connectivity index (χ0v) is 17.7. The molecule has 3 rings (SSSR count). The number of hydrogen-bond donors (Lipinski definition) is 2. The zero-order valence-electron chi connectivity index (χ0n) is 16.1. The molecule has 29 heavy (non-hydrogen) atoms. The summed E-state index contributed by atoms with van der Waals surface area (Å²) < 4.78 is 27.7. The van der Waals surface area contributed by atoms with E-state index in [4.69, 9.17) is 0 Å². The lowest BCUT2D eigenvalue weighted by Crippen LogP contribution is -2.38. The quantitative estimate of drug-likeness (QED) is 0.590. The Morgan fingerprint density at radius 1 is 1.14 bits per heavy atom. The number of carbonyl (C=O) groups excluding carboxylic acids is 2. The topological polar surface area (TPSA) is 74.3 Å². The van der Waals surface area contributed by atoms with Gasteiger partial charge in [-0.15, -0.1) is 11.3 Å². The van der Waals surface area contributed by atoms with Crippen molar-refractivity contribution in [2.24, 2.45) is 0 Å². The molecular formula is C19H20F2N4O2S2. The number of nitrogens with zero attached hydrogens (tertiary/aromatic N) is 2. The molecule has 1 unspecified atom stereocenters. The van der Waals surface area contributed by atoms with Gasteiger partial charge in [0.05, 0.1) is 9.58 Å². The SMILES string of the molecule is CCN(CC)c1nc2sc(C(=O)NC(C(=O)NC)c3ccc(F)c(F)c3)cc2s1. The average molecular weight is 439 g/mol. The van der Waals surface area contributed by atoms with Crippen LogP contribution >= 0.6 is 22.7 Å². The molecule has 0 bridgehead atoms. The van der Waals surface area contributed by atoms with Crippen LogP contribution < -0.4 is 15.5 Å². The highest BCUT2D eigenvalue weighted by molar-refractivity contribution is 7.29. The molecule has 3 aromatic rings. The molecule has 0 radical (unpaired) electrons. The van der Waals surface area contributed by atoms with Crippen LogP contribution in [0.3, 0.4) is 0 Å². The average Bonchev–Trinajstić information content (AvgIpc) is 3.28. The number of benzene rings is 1. The normalized spacial score (nSPS) is 12.0. The van der Waals surface area contributed by atoms with Crippen molar-refractivity contribution in [3.05, 3.63) is 46.3 Å². The Hall–Kier alpha value is -2.59. The maximum absolute atomic E-state index is 13.6. The van der Waals surface area contributed by atoms with Crippen LogP contribution in [0.25, 0.3) is 9.53 Å². The number of aromatic nitrogens is 1. The predicted molar refractivity (Wildman–Crippen MR) is 112 cm³/mol. The monoisotopic (exact) mass is 438 g/mol. The van der Waals surface area contributed by atoms with Gasteiger partial charge in [0.25, 0.3) is 5.91 Å². The van der Waals surface area contributed by atoms with E-state index in [1.165, 1.54) is 35.8 Å². The number of halogens is 2. The molecule has 2 amide bonds. The Labute approximate surface area is 174 Å². The van der Waals surface area contributed by atoms with Gasteiger partial charge in [-0.25, -0.2) is 13.8 Å². The number of hydrogen-bond acceptors (Lipinski definition) is 6. The first kappa shape index (κ1) is 21.1. The summed E-state index contributed by atoms with van der Waals surface area (Å²) in [5, 5.41) is 5.92. The zero-order chi connectivity index (χ0) is 21.1. The third-order valence-electron chi connectivity index (χ3n) is 4.40. The van der Waals surface area contributed by atoms with E-state index in [0.29, 0.717) is 4.88 Å². The number of anilines is 1. The van der Waals surface area contributed by atoms with Crippen molar-refractivity contribution >= 4 is 49.1 Å². The predicted octanol–water partition coefficient (Wildman–Crippen LogP) is 3.70. The third-order valence-corrected chi connectivity index (χ3v) is 6.62. The van der Waals surface area contributed by atoms with Crippen molar-refractivity contribution in [1.82, 2.24) is 15.6 Å². The van der Waals surface area contributed by atoms with E-state index in [2.05, 4.69) is 34.4 Å². The summed E-state index contributed by atoms with van der Waals surface area (Å²) in [6.07, 6.45) is 0. The highest BCUT2D eigenvalue weighted by Gasteiger charge is 2.25. The Kier molecular flexibility index (Phi) is 6.43. The van der Waals surface area contributed by atoms with Crippen LogP contribution in [0.5, 0.6) is 0 Å². The van der Waals surface area contributed by atoms with Gasteiger partial charge < -0.3 is 15.5 Å². The van der Waals surface area contributed by atoms with Crippen LogP contribution in [0.15, 0.2) is 24.3 Å².